The second kappa shape index (κ2) is 8.55. The van der Waals surface area contributed by atoms with E-state index in [1.54, 1.807) is 0 Å². The molecule has 0 amide bonds. The van der Waals surface area contributed by atoms with Crippen LogP contribution in [0.1, 0.15) is 53.4 Å². The van der Waals surface area contributed by atoms with E-state index in [2.05, 4.69) is 32.6 Å². The summed E-state index contributed by atoms with van der Waals surface area (Å²) in [6.45, 7) is 12.7. The van der Waals surface area contributed by atoms with Crippen molar-refractivity contribution in [2.24, 2.45) is 0 Å². The highest BCUT2D eigenvalue weighted by Gasteiger charge is 2.05. The molecule has 0 spiro atoms. The Morgan fingerprint density at radius 2 is 1.38 bits per heavy atom. The molecule has 0 unspecified atom stereocenters. The average molecular weight is 184 g/mol. The third-order valence-electron chi connectivity index (χ3n) is 2.20. The first kappa shape index (κ1) is 13.0. The van der Waals surface area contributed by atoms with E-state index in [9.17, 15) is 0 Å². The molecule has 0 aromatic carbocycles. The Labute approximate surface area is 84.5 Å². The van der Waals surface area contributed by atoms with E-state index >= 15 is 0 Å². The van der Waals surface area contributed by atoms with E-state index in [4.69, 9.17) is 0 Å². The van der Waals surface area contributed by atoms with Gasteiger partial charge in [0.2, 0.25) is 0 Å². The van der Waals surface area contributed by atoms with Gasteiger partial charge in [0, 0.05) is 6.54 Å². The van der Waals surface area contributed by atoms with Crippen molar-refractivity contribution in [2.75, 3.05) is 19.6 Å². The fourth-order valence-electron chi connectivity index (χ4n) is 1.48. The Kier molecular flexibility index (Phi) is 8.53. The van der Waals surface area contributed by atoms with Gasteiger partial charge in [-0.2, -0.15) is 0 Å². The molecule has 0 aliphatic heterocycles. The summed E-state index contributed by atoms with van der Waals surface area (Å²) >= 11 is 0. The molecule has 1 heteroatoms. The van der Waals surface area contributed by atoms with Gasteiger partial charge >= 0.3 is 0 Å². The quantitative estimate of drug-likeness (QED) is 0.558. The van der Waals surface area contributed by atoms with Crippen LogP contribution < -0.4 is 0 Å². The van der Waals surface area contributed by atoms with Gasteiger partial charge in [-0.25, -0.2) is 0 Å². The predicted molar refractivity (Wildman–Crippen MR) is 60.8 cm³/mol. The monoisotopic (exact) mass is 184 g/mol. The molecule has 13 heavy (non-hydrogen) atoms. The Balaban J connectivity index is 3.60. The second-order valence-electron chi connectivity index (χ2n) is 4.19. The van der Waals surface area contributed by atoms with Crippen LogP contribution in [0.5, 0.6) is 0 Å². The van der Waals surface area contributed by atoms with Crippen molar-refractivity contribution in [1.29, 1.82) is 0 Å². The van der Waals surface area contributed by atoms with Crippen LogP contribution >= 0.6 is 0 Å². The van der Waals surface area contributed by atoms with E-state index in [0.29, 0.717) is 0 Å². The van der Waals surface area contributed by atoms with Gasteiger partial charge in [0.1, 0.15) is 0 Å². The molecule has 0 fully saturated rings. The summed E-state index contributed by atoms with van der Waals surface area (Å²) in [5.74, 6) is 1.53. The highest BCUT2D eigenvalue weighted by atomic mass is 15.1. The lowest BCUT2D eigenvalue weighted by atomic mass is 10.2. The maximum absolute atomic E-state index is 2.59. The first-order valence-electron chi connectivity index (χ1n) is 5.72. The van der Waals surface area contributed by atoms with Gasteiger partial charge < -0.3 is 4.90 Å². The molecule has 0 N–H and O–H groups in total. The van der Waals surface area contributed by atoms with Crippen LogP contribution in [0.15, 0.2) is 0 Å². The van der Waals surface area contributed by atoms with Crippen LogP contribution in [0.25, 0.3) is 0 Å². The number of hydrogen-bond acceptors (Lipinski definition) is 1. The lowest BCUT2D eigenvalue weighted by Gasteiger charge is -2.23. The number of rotatable bonds is 8. The Hall–Kier alpha value is -0.0400. The third kappa shape index (κ3) is 8.29. The summed E-state index contributed by atoms with van der Waals surface area (Å²) in [5, 5.41) is 0. The van der Waals surface area contributed by atoms with Gasteiger partial charge in [0.05, 0.1) is 0 Å². The van der Waals surface area contributed by atoms with Crippen LogP contribution in [0.2, 0.25) is 0 Å². The van der Waals surface area contributed by atoms with Crippen LogP contribution in [-0.2, 0) is 0 Å². The lowest BCUT2D eigenvalue weighted by molar-refractivity contribution is 0.275. The highest BCUT2D eigenvalue weighted by molar-refractivity contribution is 4.81. The lowest BCUT2D eigenvalue weighted by Crippen LogP contribution is -2.29. The number of nitrogens with zero attached hydrogens (tertiary/aromatic N) is 1. The first-order valence-corrected chi connectivity index (χ1v) is 5.72. The molecule has 0 aliphatic rings. The standard InChI is InChI=1S/C12H26N/c1-5-7-9-13(10-8-6-2)11-12(3)4/h5-11H2,1-4H3. The molecule has 0 bridgehead atoms. The van der Waals surface area contributed by atoms with Crippen molar-refractivity contribution >= 4 is 0 Å². The minimum Gasteiger partial charge on any atom is -0.303 e. The SMILES string of the molecule is CCCCN(CCCC)C[C](C)C. The summed E-state index contributed by atoms with van der Waals surface area (Å²) in [6.07, 6.45) is 5.31. The summed E-state index contributed by atoms with van der Waals surface area (Å²) < 4.78 is 0. The summed E-state index contributed by atoms with van der Waals surface area (Å²) in [6, 6.07) is 0. The molecule has 1 nitrogen and oxygen atoms in total. The van der Waals surface area contributed by atoms with E-state index in [1.165, 1.54) is 51.2 Å². The normalized spacial score (nSPS) is 11.5. The van der Waals surface area contributed by atoms with Crippen molar-refractivity contribution in [3.05, 3.63) is 5.92 Å². The molecule has 0 aromatic heterocycles. The van der Waals surface area contributed by atoms with Gasteiger partial charge in [-0.15, -0.1) is 0 Å². The van der Waals surface area contributed by atoms with E-state index in [1.807, 2.05) is 0 Å². The fourth-order valence-corrected chi connectivity index (χ4v) is 1.48. The molecule has 0 atom stereocenters. The molecule has 0 saturated carbocycles. The molecular weight excluding hydrogens is 158 g/mol. The molecule has 0 aromatic rings. The van der Waals surface area contributed by atoms with Crippen molar-refractivity contribution in [1.82, 2.24) is 4.90 Å². The predicted octanol–water partition coefficient (Wildman–Crippen LogP) is 3.50. The van der Waals surface area contributed by atoms with Crippen LogP contribution in [-0.4, -0.2) is 24.5 Å². The van der Waals surface area contributed by atoms with Crippen LogP contribution in [0.4, 0.5) is 0 Å². The number of unbranched alkanes of at least 4 members (excludes halogenated alkanes) is 2. The van der Waals surface area contributed by atoms with Crippen molar-refractivity contribution in [3.8, 4) is 0 Å². The minimum absolute atomic E-state index is 1.19. The zero-order chi connectivity index (χ0) is 10.1. The molecular formula is C12H26N. The third-order valence-corrected chi connectivity index (χ3v) is 2.20. The van der Waals surface area contributed by atoms with Crippen molar-refractivity contribution in [3.63, 3.8) is 0 Å². The molecule has 0 rings (SSSR count). The average Bonchev–Trinajstić information content (AvgIpc) is 2.09. The van der Waals surface area contributed by atoms with Gasteiger partial charge in [-0.3, -0.25) is 0 Å². The summed E-state index contributed by atoms with van der Waals surface area (Å²) in [4.78, 5) is 2.59. The van der Waals surface area contributed by atoms with Crippen LogP contribution in [0, 0.1) is 5.92 Å². The zero-order valence-corrected chi connectivity index (χ0v) is 9.90. The molecule has 0 aliphatic carbocycles. The second-order valence-corrected chi connectivity index (χ2v) is 4.19. The van der Waals surface area contributed by atoms with Gasteiger partial charge in [-0.05, 0) is 31.8 Å². The topological polar surface area (TPSA) is 3.24 Å². The molecule has 1 radical (unpaired) electrons. The number of hydrogen-bond donors (Lipinski definition) is 0. The summed E-state index contributed by atoms with van der Waals surface area (Å²) in [5.41, 5.74) is 0. The minimum atomic E-state index is 1.19. The first-order chi connectivity index (χ1) is 6.20. The smallest absolute Gasteiger partial charge is 0.00383 e. The Morgan fingerprint density at radius 3 is 1.69 bits per heavy atom. The molecule has 79 valence electrons. The summed E-state index contributed by atoms with van der Waals surface area (Å²) in [7, 11) is 0. The van der Waals surface area contributed by atoms with Crippen molar-refractivity contribution < 1.29 is 0 Å². The van der Waals surface area contributed by atoms with E-state index in [-0.39, 0.29) is 0 Å². The van der Waals surface area contributed by atoms with Crippen LogP contribution in [0.3, 0.4) is 0 Å². The van der Waals surface area contributed by atoms with Crippen molar-refractivity contribution in [2.45, 2.75) is 53.4 Å². The highest BCUT2D eigenvalue weighted by Crippen LogP contribution is 2.04. The van der Waals surface area contributed by atoms with Gasteiger partial charge in [0.25, 0.3) is 0 Å². The van der Waals surface area contributed by atoms with E-state index in [0.717, 1.165) is 0 Å². The largest absolute Gasteiger partial charge is 0.303 e. The Bertz CT molecular complexity index is 91.3. The van der Waals surface area contributed by atoms with E-state index < -0.39 is 0 Å². The maximum atomic E-state index is 2.59. The fraction of sp³-hybridized carbons (Fsp3) is 0.917. The maximum Gasteiger partial charge on any atom is 0.00383 e. The Morgan fingerprint density at radius 1 is 0.923 bits per heavy atom. The van der Waals surface area contributed by atoms with Gasteiger partial charge in [0.15, 0.2) is 0 Å². The van der Waals surface area contributed by atoms with Gasteiger partial charge in [-0.1, -0.05) is 40.5 Å². The molecule has 0 saturated heterocycles. The zero-order valence-electron chi connectivity index (χ0n) is 9.90. The molecule has 0 heterocycles.